The number of rotatable bonds is 7. The van der Waals surface area contributed by atoms with Gasteiger partial charge in [-0.25, -0.2) is 0 Å². The second-order valence-electron chi connectivity index (χ2n) is 3.46. The van der Waals surface area contributed by atoms with Gasteiger partial charge in [-0.3, -0.25) is 4.79 Å². The lowest BCUT2D eigenvalue weighted by molar-refractivity contribution is -0.116. The molecule has 0 spiro atoms. The van der Waals surface area contributed by atoms with Crippen molar-refractivity contribution in [2.24, 2.45) is 0 Å². The third-order valence-corrected chi connectivity index (χ3v) is 2.72. The molecule has 0 aliphatic rings. The van der Waals surface area contributed by atoms with Crippen molar-refractivity contribution in [3.05, 3.63) is 5.51 Å². The Morgan fingerprint density at radius 1 is 1.40 bits per heavy atom. The molecule has 1 N–H and O–H groups in total. The van der Waals surface area contributed by atoms with Gasteiger partial charge in [0.15, 0.2) is 0 Å². The van der Waals surface area contributed by atoms with Gasteiger partial charge >= 0.3 is 0 Å². The van der Waals surface area contributed by atoms with E-state index in [-0.39, 0.29) is 5.91 Å². The molecule has 5 heteroatoms. The number of carbonyl (C=O) groups excluding carboxylic acids is 1. The predicted octanol–water partition coefficient (Wildman–Crippen LogP) is 2.84. The maximum absolute atomic E-state index is 11.4. The molecule has 1 aromatic rings. The van der Waals surface area contributed by atoms with Crippen LogP contribution in [0.2, 0.25) is 0 Å². The molecule has 1 amide bonds. The number of amides is 1. The Morgan fingerprint density at radius 2 is 2.20 bits per heavy atom. The minimum Gasteiger partial charge on any atom is -0.301 e. The van der Waals surface area contributed by atoms with Crippen LogP contribution in [0.1, 0.15) is 45.4 Å². The summed E-state index contributed by atoms with van der Waals surface area (Å²) >= 11 is 1.34. The van der Waals surface area contributed by atoms with E-state index in [1.807, 2.05) is 0 Å². The summed E-state index contributed by atoms with van der Waals surface area (Å²) in [5, 5.41) is 10.7. The first-order chi connectivity index (χ1) is 7.33. The Bertz CT molecular complexity index is 274. The maximum atomic E-state index is 11.4. The summed E-state index contributed by atoms with van der Waals surface area (Å²) in [5.74, 6) is 0.0447. The lowest BCUT2D eigenvalue weighted by Gasteiger charge is -2.00. The van der Waals surface area contributed by atoms with Crippen molar-refractivity contribution in [1.82, 2.24) is 10.2 Å². The third kappa shape index (κ3) is 5.47. The van der Waals surface area contributed by atoms with Gasteiger partial charge in [0, 0.05) is 6.42 Å². The SMILES string of the molecule is CCCCCCCC(=O)Nc1nncs1. The fourth-order valence-electron chi connectivity index (χ4n) is 1.30. The first-order valence-corrected chi connectivity index (χ1v) is 6.27. The minimum absolute atomic E-state index is 0.0447. The summed E-state index contributed by atoms with van der Waals surface area (Å²) in [4.78, 5) is 11.4. The van der Waals surface area contributed by atoms with E-state index in [0.29, 0.717) is 11.6 Å². The van der Waals surface area contributed by atoms with Gasteiger partial charge in [-0.2, -0.15) is 0 Å². The van der Waals surface area contributed by atoms with E-state index < -0.39 is 0 Å². The zero-order chi connectivity index (χ0) is 10.9. The fourth-order valence-corrected chi connectivity index (χ4v) is 1.76. The highest BCUT2D eigenvalue weighted by Gasteiger charge is 2.03. The van der Waals surface area contributed by atoms with Gasteiger partial charge in [0.25, 0.3) is 0 Å². The number of nitrogens with one attached hydrogen (secondary N) is 1. The van der Waals surface area contributed by atoms with Crippen molar-refractivity contribution in [2.45, 2.75) is 45.4 Å². The summed E-state index contributed by atoms with van der Waals surface area (Å²) in [6, 6.07) is 0. The zero-order valence-corrected chi connectivity index (χ0v) is 9.85. The molecule has 0 saturated carbocycles. The van der Waals surface area contributed by atoms with E-state index in [2.05, 4.69) is 22.4 Å². The van der Waals surface area contributed by atoms with Crippen LogP contribution in [0.15, 0.2) is 5.51 Å². The summed E-state index contributed by atoms with van der Waals surface area (Å²) in [6.45, 7) is 2.18. The van der Waals surface area contributed by atoms with Crippen LogP contribution in [0.4, 0.5) is 5.13 Å². The van der Waals surface area contributed by atoms with Crippen molar-refractivity contribution >= 4 is 22.4 Å². The molecule has 0 radical (unpaired) electrons. The number of carbonyl (C=O) groups is 1. The smallest absolute Gasteiger partial charge is 0.226 e. The Morgan fingerprint density at radius 3 is 2.87 bits per heavy atom. The minimum atomic E-state index is 0.0447. The van der Waals surface area contributed by atoms with Crippen LogP contribution in [-0.4, -0.2) is 16.1 Å². The second kappa shape index (κ2) is 7.34. The predicted molar refractivity (Wildman–Crippen MR) is 61.9 cm³/mol. The molecule has 0 unspecified atom stereocenters. The van der Waals surface area contributed by atoms with Crippen LogP contribution in [0, 0.1) is 0 Å². The van der Waals surface area contributed by atoms with Crippen LogP contribution < -0.4 is 5.32 Å². The Hall–Kier alpha value is -0.970. The highest BCUT2D eigenvalue weighted by Crippen LogP contribution is 2.10. The summed E-state index contributed by atoms with van der Waals surface area (Å²) in [7, 11) is 0. The van der Waals surface area contributed by atoms with E-state index in [1.165, 1.54) is 30.6 Å². The van der Waals surface area contributed by atoms with Gasteiger partial charge in [-0.1, -0.05) is 43.9 Å². The van der Waals surface area contributed by atoms with E-state index >= 15 is 0 Å². The number of hydrogen-bond acceptors (Lipinski definition) is 4. The average molecular weight is 227 g/mol. The van der Waals surface area contributed by atoms with Crippen molar-refractivity contribution in [2.75, 3.05) is 5.32 Å². The number of anilines is 1. The third-order valence-electron chi connectivity index (χ3n) is 2.11. The molecule has 0 fully saturated rings. The molecule has 0 saturated heterocycles. The summed E-state index contributed by atoms with van der Waals surface area (Å²) in [6.07, 6.45) is 6.41. The molecule has 15 heavy (non-hydrogen) atoms. The highest BCUT2D eigenvalue weighted by molar-refractivity contribution is 7.13. The molecule has 4 nitrogen and oxygen atoms in total. The van der Waals surface area contributed by atoms with Crippen molar-refractivity contribution in [1.29, 1.82) is 0 Å². The van der Waals surface area contributed by atoms with Crippen LogP contribution in [0.3, 0.4) is 0 Å². The van der Waals surface area contributed by atoms with Gasteiger partial charge in [0.1, 0.15) is 5.51 Å². The number of unbranched alkanes of at least 4 members (excludes halogenated alkanes) is 4. The van der Waals surface area contributed by atoms with Crippen molar-refractivity contribution in [3.63, 3.8) is 0 Å². The molecule has 0 aliphatic carbocycles. The quantitative estimate of drug-likeness (QED) is 0.729. The van der Waals surface area contributed by atoms with Crippen LogP contribution in [-0.2, 0) is 4.79 Å². The topological polar surface area (TPSA) is 54.9 Å². The molecule has 0 aliphatic heterocycles. The molecular weight excluding hydrogens is 210 g/mol. The standard InChI is InChI=1S/C10H17N3OS/c1-2-3-4-5-6-7-9(14)12-10-13-11-8-15-10/h8H,2-7H2,1H3,(H,12,13,14). The van der Waals surface area contributed by atoms with E-state index in [9.17, 15) is 4.79 Å². The van der Waals surface area contributed by atoms with Crippen LogP contribution >= 0.6 is 11.3 Å². The van der Waals surface area contributed by atoms with E-state index in [0.717, 1.165) is 12.8 Å². The number of hydrogen-bond donors (Lipinski definition) is 1. The average Bonchev–Trinajstić information content (AvgIpc) is 2.70. The van der Waals surface area contributed by atoms with Gasteiger partial charge in [-0.15, -0.1) is 10.2 Å². The van der Waals surface area contributed by atoms with Gasteiger partial charge < -0.3 is 5.32 Å². The van der Waals surface area contributed by atoms with Crippen LogP contribution in [0.25, 0.3) is 0 Å². The van der Waals surface area contributed by atoms with E-state index in [1.54, 1.807) is 5.51 Å². The van der Waals surface area contributed by atoms with Crippen LogP contribution in [0.5, 0.6) is 0 Å². The van der Waals surface area contributed by atoms with E-state index in [4.69, 9.17) is 0 Å². The lowest BCUT2D eigenvalue weighted by Crippen LogP contribution is -2.10. The highest BCUT2D eigenvalue weighted by atomic mass is 32.1. The number of nitrogens with zero attached hydrogens (tertiary/aromatic N) is 2. The number of aromatic nitrogens is 2. The largest absolute Gasteiger partial charge is 0.301 e. The first kappa shape index (κ1) is 12.1. The molecule has 0 aromatic carbocycles. The second-order valence-corrected chi connectivity index (χ2v) is 4.29. The molecule has 1 heterocycles. The molecule has 84 valence electrons. The molecular formula is C10H17N3OS. The maximum Gasteiger partial charge on any atom is 0.226 e. The van der Waals surface area contributed by atoms with Gasteiger partial charge in [-0.05, 0) is 6.42 Å². The van der Waals surface area contributed by atoms with Gasteiger partial charge in [0.05, 0.1) is 0 Å². The molecule has 0 atom stereocenters. The summed E-state index contributed by atoms with van der Waals surface area (Å²) < 4.78 is 0. The van der Waals surface area contributed by atoms with Crippen molar-refractivity contribution < 1.29 is 4.79 Å². The zero-order valence-electron chi connectivity index (χ0n) is 9.03. The Labute approximate surface area is 94.1 Å². The van der Waals surface area contributed by atoms with Crippen molar-refractivity contribution in [3.8, 4) is 0 Å². The fraction of sp³-hybridized carbons (Fsp3) is 0.700. The molecule has 1 aromatic heterocycles. The Balaban J connectivity index is 2.04. The monoisotopic (exact) mass is 227 g/mol. The Kier molecular flexibility index (Phi) is 5.92. The summed E-state index contributed by atoms with van der Waals surface area (Å²) in [5.41, 5.74) is 1.61. The molecule has 1 rings (SSSR count). The first-order valence-electron chi connectivity index (χ1n) is 5.39. The lowest BCUT2D eigenvalue weighted by atomic mass is 10.1. The van der Waals surface area contributed by atoms with Gasteiger partial charge in [0.2, 0.25) is 11.0 Å². The normalized spacial score (nSPS) is 10.2. The molecule has 0 bridgehead atoms.